The topological polar surface area (TPSA) is 24.5 Å². The molecule has 0 bridgehead atoms. The van der Waals surface area contributed by atoms with Crippen molar-refractivity contribution in [1.82, 2.24) is 10.2 Å². The van der Waals surface area contributed by atoms with Gasteiger partial charge in [-0.3, -0.25) is 4.90 Å². The second kappa shape index (κ2) is 4.40. The molecule has 0 aromatic carbocycles. The first-order valence-electron chi connectivity index (χ1n) is 5.44. The van der Waals surface area contributed by atoms with Gasteiger partial charge in [-0.05, 0) is 19.5 Å². The predicted molar refractivity (Wildman–Crippen MR) is 52.8 cm³/mol. The van der Waals surface area contributed by atoms with Crippen LogP contribution in [0.15, 0.2) is 0 Å². The molecule has 76 valence electrons. The van der Waals surface area contributed by atoms with Crippen molar-refractivity contribution in [2.75, 3.05) is 39.4 Å². The summed E-state index contributed by atoms with van der Waals surface area (Å²) >= 11 is 0. The summed E-state index contributed by atoms with van der Waals surface area (Å²) in [6.45, 7) is 8.74. The van der Waals surface area contributed by atoms with E-state index in [1.165, 1.54) is 19.5 Å². The third-order valence-electron chi connectivity index (χ3n) is 3.30. The Hall–Kier alpha value is -0.120. The summed E-state index contributed by atoms with van der Waals surface area (Å²) in [7, 11) is 0. The molecule has 0 saturated carbocycles. The molecule has 2 fully saturated rings. The minimum Gasteiger partial charge on any atom is -0.380 e. The molecule has 2 rings (SSSR count). The van der Waals surface area contributed by atoms with Crippen molar-refractivity contribution in [3.8, 4) is 0 Å². The fourth-order valence-electron chi connectivity index (χ4n) is 2.53. The monoisotopic (exact) mass is 184 g/mol. The van der Waals surface area contributed by atoms with E-state index in [4.69, 9.17) is 4.74 Å². The van der Waals surface area contributed by atoms with Crippen molar-refractivity contribution < 1.29 is 4.74 Å². The maximum Gasteiger partial charge on any atom is 0.0593 e. The van der Waals surface area contributed by atoms with E-state index in [1.807, 2.05) is 0 Å². The highest BCUT2D eigenvalue weighted by atomic mass is 16.5. The lowest BCUT2D eigenvalue weighted by atomic mass is 9.93. The molecule has 0 aromatic heterocycles. The highest BCUT2D eigenvalue weighted by molar-refractivity contribution is 4.86. The number of hydrogen-bond donors (Lipinski definition) is 1. The lowest BCUT2D eigenvalue weighted by Crippen LogP contribution is -2.49. The summed E-state index contributed by atoms with van der Waals surface area (Å²) in [5.74, 6) is 0.719. The van der Waals surface area contributed by atoms with Gasteiger partial charge in [0.05, 0.1) is 13.2 Å². The molecule has 0 radical (unpaired) electrons. The average molecular weight is 184 g/mol. The summed E-state index contributed by atoms with van der Waals surface area (Å²) in [5.41, 5.74) is 0. The van der Waals surface area contributed by atoms with E-state index in [0.717, 1.165) is 38.3 Å². The first kappa shape index (κ1) is 9.44. The summed E-state index contributed by atoms with van der Waals surface area (Å²) < 4.78 is 5.61. The SMILES string of the molecule is CCN1CCOC[C@@H]2CNCC[C@H]21. The smallest absolute Gasteiger partial charge is 0.0593 e. The normalized spacial score (nSPS) is 36.7. The Morgan fingerprint density at radius 2 is 2.46 bits per heavy atom. The minimum atomic E-state index is 0.719. The molecule has 0 aliphatic carbocycles. The molecule has 13 heavy (non-hydrogen) atoms. The molecule has 0 amide bonds. The Kier molecular flexibility index (Phi) is 3.19. The highest BCUT2D eigenvalue weighted by Gasteiger charge is 2.31. The Balaban J connectivity index is 2.02. The van der Waals surface area contributed by atoms with Crippen LogP contribution >= 0.6 is 0 Å². The van der Waals surface area contributed by atoms with Crippen LogP contribution in [0.1, 0.15) is 13.3 Å². The minimum absolute atomic E-state index is 0.719. The van der Waals surface area contributed by atoms with Gasteiger partial charge in [0, 0.05) is 25.0 Å². The number of piperidine rings is 1. The van der Waals surface area contributed by atoms with E-state index in [-0.39, 0.29) is 0 Å². The van der Waals surface area contributed by atoms with E-state index >= 15 is 0 Å². The van der Waals surface area contributed by atoms with Gasteiger partial charge in [0.15, 0.2) is 0 Å². The van der Waals surface area contributed by atoms with Gasteiger partial charge in [-0.15, -0.1) is 0 Å². The summed E-state index contributed by atoms with van der Waals surface area (Å²) in [5, 5.41) is 3.45. The number of ether oxygens (including phenoxy) is 1. The fourth-order valence-corrected chi connectivity index (χ4v) is 2.53. The number of nitrogens with zero attached hydrogens (tertiary/aromatic N) is 1. The molecule has 2 aliphatic heterocycles. The van der Waals surface area contributed by atoms with E-state index in [2.05, 4.69) is 17.1 Å². The lowest BCUT2D eigenvalue weighted by Gasteiger charge is -2.37. The molecule has 0 aromatic rings. The second-order valence-corrected chi connectivity index (χ2v) is 4.02. The molecule has 2 heterocycles. The molecular formula is C10H20N2O. The molecule has 2 aliphatic rings. The molecular weight excluding hydrogens is 164 g/mol. The van der Waals surface area contributed by atoms with Gasteiger partial charge >= 0.3 is 0 Å². The number of fused-ring (bicyclic) bond motifs is 1. The Labute approximate surface area is 80.4 Å². The molecule has 3 heteroatoms. The van der Waals surface area contributed by atoms with Crippen molar-refractivity contribution in [1.29, 1.82) is 0 Å². The summed E-state index contributed by atoms with van der Waals surface area (Å²) in [6, 6.07) is 0.772. The van der Waals surface area contributed by atoms with Crippen LogP contribution in [0.2, 0.25) is 0 Å². The van der Waals surface area contributed by atoms with Crippen LogP contribution in [0.5, 0.6) is 0 Å². The average Bonchev–Trinajstić information content (AvgIpc) is 2.39. The Bertz CT molecular complexity index is 155. The van der Waals surface area contributed by atoms with Crippen LogP contribution < -0.4 is 5.32 Å². The van der Waals surface area contributed by atoms with Crippen molar-refractivity contribution in [3.63, 3.8) is 0 Å². The van der Waals surface area contributed by atoms with E-state index in [0.29, 0.717) is 0 Å². The van der Waals surface area contributed by atoms with Crippen LogP contribution in [0, 0.1) is 5.92 Å². The number of likely N-dealkylation sites (N-methyl/N-ethyl adjacent to an activating group) is 1. The zero-order chi connectivity index (χ0) is 9.10. The van der Waals surface area contributed by atoms with Crippen LogP contribution in [0.4, 0.5) is 0 Å². The van der Waals surface area contributed by atoms with Crippen molar-refractivity contribution in [2.24, 2.45) is 5.92 Å². The quantitative estimate of drug-likeness (QED) is 0.635. The zero-order valence-corrected chi connectivity index (χ0v) is 8.46. The van der Waals surface area contributed by atoms with Gasteiger partial charge in [0.25, 0.3) is 0 Å². The Morgan fingerprint density at radius 3 is 3.31 bits per heavy atom. The molecule has 1 N–H and O–H groups in total. The highest BCUT2D eigenvalue weighted by Crippen LogP contribution is 2.20. The van der Waals surface area contributed by atoms with Crippen LogP contribution in [0.25, 0.3) is 0 Å². The third kappa shape index (κ3) is 2.03. The van der Waals surface area contributed by atoms with Crippen molar-refractivity contribution in [3.05, 3.63) is 0 Å². The first-order chi connectivity index (χ1) is 6.42. The van der Waals surface area contributed by atoms with Crippen LogP contribution in [-0.2, 0) is 4.74 Å². The number of hydrogen-bond acceptors (Lipinski definition) is 3. The summed E-state index contributed by atoms with van der Waals surface area (Å²) in [4.78, 5) is 2.58. The molecule has 3 nitrogen and oxygen atoms in total. The van der Waals surface area contributed by atoms with E-state index < -0.39 is 0 Å². The summed E-state index contributed by atoms with van der Waals surface area (Å²) in [6.07, 6.45) is 1.29. The molecule has 0 spiro atoms. The number of rotatable bonds is 1. The Morgan fingerprint density at radius 1 is 1.54 bits per heavy atom. The fraction of sp³-hybridized carbons (Fsp3) is 1.00. The van der Waals surface area contributed by atoms with Crippen molar-refractivity contribution >= 4 is 0 Å². The second-order valence-electron chi connectivity index (χ2n) is 4.02. The largest absolute Gasteiger partial charge is 0.380 e. The van der Waals surface area contributed by atoms with Gasteiger partial charge in [-0.1, -0.05) is 6.92 Å². The van der Waals surface area contributed by atoms with E-state index in [9.17, 15) is 0 Å². The van der Waals surface area contributed by atoms with Crippen molar-refractivity contribution in [2.45, 2.75) is 19.4 Å². The number of nitrogens with one attached hydrogen (secondary N) is 1. The third-order valence-corrected chi connectivity index (χ3v) is 3.30. The van der Waals surface area contributed by atoms with Gasteiger partial charge in [0.1, 0.15) is 0 Å². The lowest BCUT2D eigenvalue weighted by molar-refractivity contribution is 0.103. The van der Waals surface area contributed by atoms with Gasteiger partial charge < -0.3 is 10.1 Å². The first-order valence-corrected chi connectivity index (χ1v) is 5.44. The zero-order valence-electron chi connectivity index (χ0n) is 8.46. The molecule has 0 unspecified atom stereocenters. The van der Waals surface area contributed by atoms with Gasteiger partial charge in [0.2, 0.25) is 0 Å². The molecule has 2 atom stereocenters. The molecule has 2 saturated heterocycles. The van der Waals surface area contributed by atoms with Gasteiger partial charge in [-0.2, -0.15) is 0 Å². The van der Waals surface area contributed by atoms with Gasteiger partial charge in [-0.25, -0.2) is 0 Å². The maximum atomic E-state index is 5.61. The van der Waals surface area contributed by atoms with E-state index in [1.54, 1.807) is 0 Å². The standard InChI is InChI=1S/C10H20N2O/c1-2-12-5-6-13-8-9-7-11-4-3-10(9)12/h9-11H,2-8H2,1H3/t9-,10+/m0/s1. The maximum absolute atomic E-state index is 5.61. The predicted octanol–water partition coefficient (Wildman–Crippen LogP) is 0.317. The van der Waals surface area contributed by atoms with Crippen LogP contribution in [-0.4, -0.2) is 50.3 Å². The van der Waals surface area contributed by atoms with Crippen LogP contribution in [0.3, 0.4) is 0 Å².